The smallest absolute Gasteiger partial charge is 0.0688 e. The van der Waals surface area contributed by atoms with Crippen LogP contribution in [0.5, 0.6) is 0 Å². The molecule has 4 rings (SSSR count). The fourth-order valence-corrected chi connectivity index (χ4v) is 4.93. The molecule has 0 aromatic carbocycles. The zero-order valence-corrected chi connectivity index (χ0v) is 11.5. The predicted octanol–water partition coefficient (Wildman–Crippen LogP) is 3.97. The van der Waals surface area contributed by atoms with Crippen LogP contribution in [0.25, 0.3) is 0 Å². The average Bonchev–Trinajstić information content (AvgIpc) is 3.15. The van der Waals surface area contributed by atoms with Gasteiger partial charge in [0.15, 0.2) is 0 Å². The molecule has 102 valence electrons. The first-order valence-electron chi connectivity index (χ1n) is 8.13. The van der Waals surface area contributed by atoms with Gasteiger partial charge in [0.05, 0.1) is 23.4 Å². The van der Waals surface area contributed by atoms with Gasteiger partial charge in [-0.1, -0.05) is 12.8 Å². The van der Waals surface area contributed by atoms with E-state index in [4.69, 9.17) is 9.47 Å². The molecule has 0 N–H and O–H groups in total. The van der Waals surface area contributed by atoms with Gasteiger partial charge in [0.2, 0.25) is 0 Å². The van der Waals surface area contributed by atoms with Crippen molar-refractivity contribution in [3.05, 3.63) is 0 Å². The van der Waals surface area contributed by atoms with Crippen LogP contribution < -0.4 is 0 Å². The van der Waals surface area contributed by atoms with Crippen molar-refractivity contribution in [3.8, 4) is 0 Å². The lowest BCUT2D eigenvalue weighted by Gasteiger charge is -2.27. The summed E-state index contributed by atoms with van der Waals surface area (Å²) in [5.74, 6) is 0. The van der Waals surface area contributed by atoms with Crippen LogP contribution in [0.4, 0.5) is 0 Å². The molecule has 0 unspecified atom stereocenters. The quantitative estimate of drug-likeness (QED) is 0.687. The molecule has 4 aliphatic heterocycles. The Hall–Kier alpha value is -0.0800. The SMILES string of the molecule is C(CCC12CCC(CC1)O2)CC12CCC(CC1)O2. The van der Waals surface area contributed by atoms with Crippen LogP contribution in [0, 0.1) is 0 Å². The van der Waals surface area contributed by atoms with Crippen molar-refractivity contribution in [1.82, 2.24) is 0 Å². The molecule has 4 aliphatic rings. The van der Waals surface area contributed by atoms with Gasteiger partial charge >= 0.3 is 0 Å². The van der Waals surface area contributed by atoms with Crippen LogP contribution in [-0.4, -0.2) is 23.4 Å². The maximum absolute atomic E-state index is 6.16. The minimum absolute atomic E-state index is 0.317. The van der Waals surface area contributed by atoms with Gasteiger partial charge in [-0.05, 0) is 64.2 Å². The zero-order chi connectivity index (χ0) is 12.1. The molecule has 0 saturated carbocycles. The van der Waals surface area contributed by atoms with Crippen LogP contribution in [-0.2, 0) is 9.47 Å². The number of hydrogen-bond donors (Lipinski definition) is 0. The van der Waals surface area contributed by atoms with Crippen LogP contribution in [0.2, 0.25) is 0 Å². The van der Waals surface area contributed by atoms with Gasteiger partial charge in [-0.3, -0.25) is 0 Å². The molecule has 0 aromatic rings. The Labute approximate surface area is 110 Å². The van der Waals surface area contributed by atoms with Gasteiger partial charge in [-0.2, -0.15) is 0 Å². The summed E-state index contributed by atoms with van der Waals surface area (Å²) >= 11 is 0. The molecule has 2 nitrogen and oxygen atoms in total. The van der Waals surface area contributed by atoms with Crippen molar-refractivity contribution < 1.29 is 9.47 Å². The standard InChI is InChI=1S/C16H26O2/c1(7-15-9-3-13(17-15)4-10-15)2-8-16-11-5-14(18-16)6-12-16/h13-14H,1-12H2. The van der Waals surface area contributed by atoms with Crippen LogP contribution >= 0.6 is 0 Å². The van der Waals surface area contributed by atoms with Crippen molar-refractivity contribution in [1.29, 1.82) is 0 Å². The first-order valence-corrected chi connectivity index (χ1v) is 8.13. The van der Waals surface area contributed by atoms with Gasteiger partial charge < -0.3 is 9.47 Å². The Morgan fingerprint density at radius 2 is 1.06 bits per heavy atom. The van der Waals surface area contributed by atoms with Crippen molar-refractivity contribution in [2.75, 3.05) is 0 Å². The summed E-state index contributed by atoms with van der Waals surface area (Å²) in [4.78, 5) is 0. The summed E-state index contributed by atoms with van der Waals surface area (Å²) in [7, 11) is 0. The number of fused-ring (bicyclic) bond motifs is 4. The molecule has 0 amide bonds. The molecule has 0 aliphatic carbocycles. The normalized spacial score (nSPS) is 49.3. The van der Waals surface area contributed by atoms with Crippen molar-refractivity contribution >= 4 is 0 Å². The molecule has 18 heavy (non-hydrogen) atoms. The molecule has 2 heteroatoms. The summed E-state index contributed by atoms with van der Waals surface area (Å²) in [6, 6.07) is 0. The van der Waals surface area contributed by atoms with E-state index >= 15 is 0 Å². The maximum atomic E-state index is 6.16. The third kappa shape index (κ3) is 1.92. The second-order valence-electron chi connectivity index (χ2n) is 7.21. The number of rotatable bonds is 5. The molecule has 0 radical (unpaired) electrons. The third-order valence-electron chi connectivity index (χ3n) is 6.04. The van der Waals surface area contributed by atoms with Gasteiger partial charge in [0, 0.05) is 0 Å². The second kappa shape index (κ2) is 4.21. The lowest BCUT2D eigenvalue weighted by atomic mass is 9.82. The van der Waals surface area contributed by atoms with Crippen molar-refractivity contribution in [2.45, 2.75) is 100 Å². The summed E-state index contributed by atoms with van der Waals surface area (Å²) < 4.78 is 12.3. The third-order valence-corrected chi connectivity index (χ3v) is 6.04. The van der Waals surface area contributed by atoms with Gasteiger partial charge in [0.1, 0.15) is 0 Å². The molecule has 4 heterocycles. The van der Waals surface area contributed by atoms with Crippen molar-refractivity contribution in [3.63, 3.8) is 0 Å². The van der Waals surface area contributed by atoms with E-state index in [0.29, 0.717) is 23.4 Å². The Kier molecular flexibility index (Phi) is 2.74. The summed E-state index contributed by atoms with van der Waals surface area (Å²) in [6.45, 7) is 0. The van der Waals surface area contributed by atoms with E-state index in [1.807, 2.05) is 0 Å². The number of unbranched alkanes of at least 4 members (excludes halogenated alkanes) is 1. The summed E-state index contributed by atoms with van der Waals surface area (Å²) in [5, 5.41) is 0. The van der Waals surface area contributed by atoms with Gasteiger partial charge in [-0.15, -0.1) is 0 Å². The van der Waals surface area contributed by atoms with Gasteiger partial charge in [0.25, 0.3) is 0 Å². The van der Waals surface area contributed by atoms with Gasteiger partial charge in [-0.25, -0.2) is 0 Å². The van der Waals surface area contributed by atoms with Crippen LogP contribution in [0.3, 0.4) is 0 Å². The first-order chi connectivity index (χ1) is 8.78. The Morgan fingerprint density at radius 1 is 0.667 bits per heavy atom. The fraction of sp³-hybridized carbons (Fsp3) is 1.00. The van der Waals surface area contributed by atoms with Crippen LogP contribution in [0.1, 0.15) is 77.0 Å². The molecular weight excluding hydrogens is 224 g/mol. The Bertz CT molecular complexity index is 277. The molecule has 4 saturated heterocycles. The van der Waals surface area contributed by atoms with E-state index in [2.05, 4.69) is 0 Å². The summed E-state index contributed by atoms with van der Waals surface area (Å²) in [5.41, 5.74) is 0.633. The fourth-order valence-electron chi connectivity index (χ4n) is 4.93. The van der Waals surface area contributed by atoms with E-state index in [1.165, 1.54) is 77.0 Å². The van der Waals surface area contributed by atoms with E-state index in [9.17, 15) is 0 Å². The highest BCUT2D eigenvalue weighted by molar-refractivity contribution is 4.97. The average molecular weight is 250 g/mol. The van der Waals surface area contributed by atoms with E-state index < -0.39 is 0 Å². The molecule has 0 spiro atoms. The predicted molar refractivity (Wildman–Crippen MR) is 70.6 cm³/mol. The monoisotopic (exact) mass is 250 g/mol. The Morgan fingerprint density at radius 3 is 1.33 bits per heavy atom. The molecule has 4 fully saturated rings. The molecule has 0 atom stereocenters. The highest BCUT2D eigenvalue weighted by atomic mass is 16.5. The first kappa shape index (κ1) is 11.7. The summed E-state index contributed by atoms with van der Waals surface area (Å²) in [6.07, 6.45) is 17.2. The van der Waals surface area contributed by atoms with E-state index in [1.54, 1.807) is 0 Å². The zero-order valence-electron chi connectivity index (χ0n) is 11.5. The van der Waals surface area contributed by atoms with Crippen LogP contribution in [0.15, 0.2) is 0 Å². The number of ether oxygens (including phenoxy) is 2. The lowest BCUT2D eigenvalue weighted by Crippen LogP contribution is -2.26. The second-order valence-corrected chi connectivity index (χ2v) is 7.21. The van der Waals surface area contributed by atoms with E-state index in [0.717, 1.165) is 0 Å². The lowest BCUT2D eigenvalue weighted by molar-refractivity contribution is -0.00552. The molecule has 0 aromatic heterocycles. The maximum Gasteiger partial charge on any atom is 0.0688 e. The largest absolute Gasteiger partial charge is 0.372 e. The topological polar surface area (TPSA) is 18.5 Å². The van der Waals surface area contributed by atoms with Crippen molar-refractivity contribution in [2.24, 2.45) is 0 Å². The highest BCUT2D eigenvalue weighted by Crippen LogP contribution is 2.48. The van der Waals surface area contributed by atoms with E-state index in [-0.39, 0.29) is 0 Å². The minimum atomic E-state index is 0.317. The number of hydrogen-bond acceptors (Lipinski definition) is 2. The minimum Gasteiger partial charge on any atom is -0.372 e. The molecular formula is C16H26O2. The molecule has 4 bridgehead atoms. The highest BCUT2D eigenvalue weighted by Gasteiger charge is 2.47. The Balaban J connectivity index is 1.23.